The van der Waals surface area contributed by atoms with Gasteiger partial charge in [-0.15, -0.1) is 0 Å². The number of amides is 3. The fraction of sp³-hybridized carbons (Fsp3) is 0.526. The van der Waals surface area contributed by atoms with Gasteiger partial charge in [-0.2, -0.15) is 0 Å². The average molecular weight is 424 g/mol. The predicted molar refractivity (Wildman–Crippen MR) is 104 cm³/mol. The lowest BCUT2D eigenvalue weighted by Gasteiger charge is -2.33. The third kappa shape index (κ3) is 6.12. The Balaban J connectivity index is 1.75. The van der Waals surface area contributed by atoms with Crippen molar-refractivity contribution in [3.05, 3.63) is 34.3 Å². The average Bonchev–Trinajstić information content (AvgIpc) is 2.62. The van der Waals surface area contributed by atoms with Crippen molar-refractivity contribution in [3.8, 4) is 0 Å². The van der Waals surface area contributed by atoms with E-state index >= 15 is 0 Å². The summed E-state index contributed by atoms with van der Waals surface area (Å²) in [6.45, 7) is 5.25. The van der Waals surface area contributed by atoms with E-state index in [-0.39, 0.29) is 36.1 Å². The second kappa shape index (κ2) is 9.71. The standard InChI is InChI=1S/C19H26BrN3O3/c1-13(2)18(25)22-16-4-3-11-23(12-16)17(24)9-10-21-19(26)14-5-7-15(20)8-6-14/h5-8,13,16H,3-4,9-12H2,1-2H3,(H,21,26)(H,22,25). The van der Waals surface area contributed by atoms with Crippen molar-refractivity contribution in [2.45, 2.75) is 39.2 Å². The molecule has 0 bridgehead atoms. The summed E-state index contributed by atoms with van der Waals surface area (Å²) in [5, 5.41) is 5.77. The van der Waals surface area contributed by atoms with Crippen molar-refractivity contribution in [1.29, 1.82) is 0 Å². The predicted octanol–water partition coefficient (Wildman–Crippen LogP) is 2.33. The number of hydrogen-bond acceptors (Lipinski definition) is 3. The molecule has 1 aromatic rings. The third-order valence-corrected chi connectivity index (χ3v) is 4.90. The number of carbonyl (C=O) groups is 3. The van der Waals surface area contributed by atoms with Crippen molar-refractivity contribution in [1.82, 2.24) is 15.5 Å². The van der Waals surface area contributed by atoms with Gasteiger partial charge in [0.15, 0.2) is 0 Å². The highest BCUT2D eigenvalue weighted by Crippen LogP contribution is 2.12. The van der Waals surface area contributed by atoms with Crippen molar-refractivity contribution in [3.63, 3.8) is 0 Å². The summed E-state index contributed by atoms with van der Waals surface area (Å²) in [6, 6.07) is 7.08. The van der Waals surface area contributed by atoms with Crippen LogP contribution < -0.4 is 10.6 Å². The molecule has 1 heterocycles. The molecule has 2 rings (SSSR count). The van der Waals surface area contributed by atoms with Crippen molar-refractivity contribution in [2.75, 3.05) is 19.6 Å². The second-order valence-electron chi connectivity index (χ2n) is 6.85. The molecule has 0 radical (unpaired) electrons. The maximum atomic E-state index is 12.4. The van der Waals surface area contributed by atoms with Gasteiger partial charge in [0, 0.05) is 48.1 Å². The highest BCUT2D eigenvalue weighted by atomic mass is 79.9. The molecule has 1 aliphatic heterocycles. The van der Waals surface area contributed by atoms with Crippen LogP contribution in [0.3, 0.4) is 0 Å². The number of rotatable bonds is 6. The molecule has 3 amide bonds. The Bertz CT molecular complexity index is 646. The van der Waals surface area contributed by atoms with Crippen molar-refractivity contribution >= 4 is 33.7 Å². The topological polar surface area (TPSA) is 78.5 Å². The Kier molecular flexibility index (Phi) is 7.63. The fourth-order valence-corrected chi connectivity index (χ4v) is 3.10. The lowest BCUT2D eigenvalue weighted by atomic mass is 10.0. The number of piperidine rings is 1. The number of likely N-dealkylation sites (tertiary alicyclic amines) is 1. The van der Waals surface area contributed by atoms with Gasteiger partial charge >= 0.3 is 0 Å². The van der Waals surface area contributed by atoms with Crippen LogP contribution in [0, 0.1) is 5.92 Å². The quantitative estimate of drug-likeness (QED) is 0.736. The largest absolute Gasteiger partial charge is 0.352 e. The van der Waals surface area contributed by atoms with E-state index in [0.717, 1.165) is 17.3 Å². The van der Waals surface area contributed by atoms with E-state index in [2.05, 4.69) is 26.6 Å². The van der Waals surface area contributed by atoms with Crippen molar-refractivity contribution < 1.29 is 14.4 Å². The summed E-state index contributed by atoms with van der Waals surface area (Å²) in [6.07, 6.45) is 2.02. The van der Waals surface area contributed by atoms with Gasteiger partial charge in [0.2, 0.25) is 11.8 Å². The van der Waals surface area contributed by atoms with Gasteiger partial charge in [-0.1, -0.05) is 29.8 Å². The van der Waals surface area contributed by atoms with Gasteiger partial charge in [0.1, 0.15) is 0 Å². The maximum absolute atomic E-state index is 12.4. The molecule has 1 aliphatic rings. The molecule has 0 aliphatic carbocycles. The summed E-state index contributed by atoms with van der Waals surface area (Å²) >= 11 is 3.33. The molecule has 1 fully saturated rings. The Morgan fingerprint density at radius 1 is 1.23 bits per heavy atom. The molecule has 0 saturated carbocycles. The van der Waals surface area contributed by atoms with Gasteiger partial charge in [-0.3, -0.25) is 14.4 Å². The van der Waals surface area contributed by atoms with E-state index in [1.807, 2.05) is 13.8 Å². The molecular formula is C19H26BrN3O3. The molecule has 142 valence electrons. The van der Waals surface area contributed by atoms with Crippen LogP contribution in [0.5, 0.6) is 0 Å². The number of nitrogens with zero attached hydrogens (tertiary/aromatic N) is 1. The summed E-state index contributed by atoms with van der Waals surface area (Å²) in [7, 11) is 0. The van der Waals surface area contributed by atoms with Crippen LogP contribution in [0.15, 0.2) is 28.7 Å². The normalized spacial score (nSPS) is 17.1. The van der Waals surface area contributed by atoms with Gasteiger partial charge in [-0.25, -0.2) is 0 Å². The van der Waals surface area contributed by atoms with E-state index in [4.69, 9.17) is 0 Å². The number of nitrogens with one attached hydrogen (secondary N) is 2. The van der Waals surface area contributed by atoms with Gasteiger partial charge in [0.25, 0.3) is 5.91 Å². The highest BCUT2D eigenvalue weighted by molar-refractivity contribution is 9.10. The van der Waals surface area contributed by atoms with Crippen LogP contribution in [-0.2, 0) is 9.59 Å². The zero-order chi connectivity index (χ0) is 19.1. The van der Waals surface area contributed by atoms with Crippen LogP contribution in [0.4, 0.5) is 0 Å². The molecule has 1 saturated heterocycles. The van der Waals surface area contributed by atoms with Crippen LogP contribution in [0.2, 0.25) is 0 Å². The molecule has 26 heavy (non-hydrogen) atoms. The second-order valence-corrected chi connectivity index (χ2v) is 7.77. The zero-order valence-corrected chi connectivity index (χ0v) is 16.8. The molecule has 6 nitrogen and oxygen atoms in total. The van der Waals surface area contributed by atoms with E-state index in [1.54, 1.807) is 29.2 Å². The Hall–Kier alpha value is -1.89. The van der Waals surface area contributed by atoms with E-state index in [0.29, 0.717) is 25.2 Å². The van der Waals surface area contributed by atoms with E-state index < -0.39 is 0 Å². The minimum absolute atomic E-state index is 0.00426. The number of halogens is 1. The first-order chi connectivity index (χ1) is 12.4. The third-order valence-electron chi connectivity index (χ3n) is 4.38. The zero-order valence-electron chi connectivity index (χ0n) is 15.3. The van der Waals surface area contributed by atoms with Crippen LogP contribution in [-0.4, -0.2) is 48.3 Å². The SMILES string of the molecule is CC(C)C(=O)NC1CCCN(C(=O)CCNC(=O)c2ccc(Br)cc2)C1. The summed E-state index contributed by atoms with van der Waals surface area (Å²) in [5.74, 6) is -0.225. The Morgan fingerprint density at radius 2 is 1.92 bits per heavy atom. The van der Waals surface area contributed by atoms with E-state index in [1.165, 1.54) is 0 Å². The van der Waals surface area contributed by atoms with Gasteiger partial charge in [-0.05, 0) is 37.1 Å². The molecule has 7 heteroatoms. The van der Waals surface area contributed by atoms with Crippen LogP contribution in [0.1, 0.15) is 43.5 Å². The number of carbonyl (C=O) groups excluding carboxylic acids is 3. The summed E-state index contributed by atoms with van der Waals surface area (Å²) in [4.78, 5) is 38.0. The monoisotopic (exact) mass is 423 g/mol. The van der Waals surface area contributed by atoms with Crippen LogP contribution in [0.25, 0.3) is 0 Å². The molecular weight excluding hydrogens is 398 g/mol. The first-order valence-electron chi connectivity index (χ1n) is 8.98. The molecule has 0 spiro atoms. The Morgan fingerprint density at radius 3 is 2.58 bits per heavy atom. The van der Waals surface area contributed by atoms with Gasteiger partial charge < -0.3 is 15.5 Å². The first kappa shape index (κ1) is 20.4. The summed E-state index contributed by atoms with van der Waals surface area (Å²) < 4.78 is 0.911. The van der Waals surface area contributed by atoms with E-state index in [9.17, 15) is 14.4 Å². The van der Waals surface area contributed by atoms with Crippen molar-refractivity contribution in [2.24, 2.45) is 5.92 Å². The minimum Gasteiger partial charge on any atom is -0.352 e. The molecule has 1 atom stereocenters. The molecule has 2 N–H and O–H groups in total. The highest BCUT2D eigenvalue weighted by Gasteiger charge is 2.25. The lowest BCUT2D eigenvalue weighted by Crippen LogP contribution is -2.50. The number of hydrogen-bond donors (Lipinski definition) is 2. The Labute approximate surface area is 162 Å². The maximum Gasteiger partial charge on any atom is 0.251 e. The molecule has 0 aromatic heterocycles. The molecule has 1 unspecified atom stereocenters. The smallest absolute Gasteiger partial charge is 0.251 e. The summed E-state index contributed by atoms with van der Waals surface area (Å²) in [5.41, 5.74) is 0.565. The molecule has 1 aromatic carbocycles. The first-order valence-corrected chi connectivity index (χ1v) is 9.78. The van der Waals surface area contributed by atoms with Gasteiger partial charge in [0.05, 0.1) is 0 Å². The van der Waals surface area contributed by atoms with Crippen LogP contribution >= 0.6 is 15.9 Å². The minimum atomic E-state index is -0.189. The lowest BCUT2D eigenvalue weighted by molar-refractivity contribution is -0.133. The fourth-order valence-electron chi connectivity index (χ4n) is 2.83. The number of benzene rings is 1.